The van der Waals surface area contributed by atoms with Crippen molar-refractivity contribution in [3.05, 3.63) is 6.33 Å². The van der Waals surface area contributed by atoms with Gasteiger partial charge in [0.25, 0.3) is 5.16 Å². The minimum atomic E-state index is -4.94. The van der Waals surface area contributed by atoms with Gasteiger partial charge in [-0.1, -0.05) is 3.89 Å². The van der Waals surface area contributed by atoms with Crippen molar-refractivity contribution in [1.82, 2.24) is 19.9 Å². The van der Waals surface area contributed by atoms with E-state index in [-0.39, 0.29) is 17.0 Å². The summed E-state index contributed by atoms with van der Waals surface area (Å²) in [7, 11) is -4.94. The molecule has 0 aliphatic heterocycles. The zero-order chi connectivity index (χ0) is 10.3. The van der Waals surface area contributed by atoms with Crippen molar-refractivity contribution in [3.63, 3.8) is 0 Å². The van der Waals surface area contributed by atoms with Crippen LogP contribution in [-0.4, -0.2) is 28.4 Å². The number of nitrogens with zero attached hydrogens (tertiary/aromatic N) is 3. The Balaban J connectivity index is 2.83. The Morgan fingerprint density at radius 1 is 1.43 bits per heavy atom. The molecule has 2 aromatic heterocycles. The van der Waals surface area contributed by atoms with Crippen LogP contribution in [0.15, 0.2) is 11.5 Å². The molecule has 0 saturated carbocycles. The van der Waals surface area contributed by atoms with Crippen LogP contribution in [0.25, 0.3) is 11.2 Å². The van der Waals surface area contributed by atoms with Gasteiger partial charge in [-0.2, -0.15) is 18.4 Å². The Hall–Kier alpha value is -1.77. The summed E-state index contributed by atoms with van der Waals surface area (Å²) in [6, 6.07) is 0. The van der Waals surface area contributed by atoms with Crippen LogP contribution in [0.5, 0.6) is 0 Å². The van der Waals surface area contributed by atoms with Gasteiger partial charge in [-0.05, 0) is 0 Å². The number of halogens is 1. The van der Waals surface area contributed by atoms with Gasteiger partial charge in [0.05, 0.1) is 6.33 Å². The van der Waals surface area contributed by atoms with Crippen molar-refractivity contribution in [3.8, 4) is 0 Å². The average molecular weight is 217 g/mol. The lowest BCUT2D eigenvalue weighted by Gasteiger charge is -1.96. The Labute approximate surface area is 77.4 Å². The largest absolute Gasteiger partial charge is 0.382 e. The molecular formula is C5H4FN5O2S. The van der Waals surface area contributed by atoms with Gasteiger partial charge < -0.3 is 10.7 Å². The van der Waals surface area contributed by atoms with Crippen molar-refractivity contribution in [1.29, 1.82) is 0 Å². The molecule has 3 N–H and O–H groups in total. The first-order chi connectivity index (χ1) is 6.48. The Morgan fingerprint density at radius 3 is 2.79 bits per heavy atom. The molecule has 0 atom stereocenters. The third-order valence-corrected chi connectivity index (χ3v) is 2.12. The van der Waals surface area contributed by atoms with Crippen molar-refractivity contribution >= 4 is 27.2 Å². The lowest BCUT2D eigenvalue weighted by atomic mass is 10.5. The lowest BCUT2D eigenvalue weighted by Crippen LogP contribution is -2.04. The van der Waals surface area contributed by atoms with Crippen LogP contribution < -0.4 is 5.73 Å². The van der Waals surface area contributed by atoms with Crippen molar-refractivity contribution in [2.75, 3.05) is 5.73 Å². The smallest absolute Gasteiger partial charge is 0.368 e. The molecular weight excluding hydrogens is 213 g/mol. The highest BCUT2D eigenvalue weighted by atomic mass is 32.3. The predicted molar refractivity (Wildman–Crippen MR) is 44.4 cm³/mol. The van der Waals surface area contributed by atoms with E-state index in [1.54, 1.807) is 0 Å². The maximum absolute atomic E-state index is 12.5. The maximum atomic E-state index is 12.5. The van der Waals surface area contributed by atoms with Crippen LogP contribution in [-0.2, 0) is 10.2 Å². The summed E-state index contributed by atoms with van der Waals surface area (Å²) in [5, 5.41) is -0.966. The molecule has 2 aromatic rings. The molecule has 0 saturated heterocycles. The number of nitrogens with two attached hydrogens (primary N) is 1. The molecule has 0 amide bonds. The number of H-pyrrole nitrogens is 1. The third-order valence-electron chi connectivity index (χ3n) is 1.50. The van der Waals surface area contributed by atoms with Crippen molar-refractivity contribution in [2.45, 2.75) is 5.16 Å². The number of anilines is 1. The summed E-state index contributed by atoms with van der Waals surface area (Å²) in [6.07, 6.45) is 1.25. The second-order valence-corrected chi connectivity index (χ2v) is 3.67. The van der Waals surface area contributed by atoms with E-state index in [0.717, 1.165) is 0 Å². The summed E-state index contributed by atoms with van der Waals surface area (Å²) in [5.41, 5.74) is 5.62. The van der Waals surface area contributed by atoms with Gasteiger partial charge in [0.15, 0.2) is 11.5 Å². The molecule has 0 fully saturated rings. The first-order valence-corrected chi connectivity index (χ1v) is 4.78. The standard InChI is InChI=1S/C5H4FN5O2S/c6-14(12,13)5-10-3(7)2-4(11-5)9-1-8-2/h1H,(H3,7,8,9,10,11). The zero-order valence-corrected chi connectivity index (χ0v) is 7.42. The normalized spacial score (nSPS) is 12.1. The molecule has 14 heavy (non-hydrogen) atoms. The SMILES string of the molecule is Nc1nc(S(=O)(=O)F)nc2[nH]cnc12. The minimum absolute atomic E-state index is 0.0775. The van der Waals surface area contributed by atoms with Crippen LogP contribution >= 0.6 is 0 Å². The van der Waals surface area contributed by atoms with E-state index in [2.05, 4.69) is 19.9 Å². The van der Waals surface area contributed by atoms with E-state index in [1.165, 1.54) is 6.33 Å². The third kappa shape index (κ3) is 1.27. The van der Waals surface area contributed by atoms with Gasteiger partial charge in [-0.25, -0.2) is 4.98 Å². The molecule has 2 heterocycles. The van der Waals surface area contributed by atoms with Crippen LogP contribution in [0, 0.1) is 0 Å². The maximum Gasteiger partial charge on any atom is 0.368 e. The number of hydrogen-bond acceptors (Lipinski definition) is 6. The van der Waals surface area contributed by atoms with Crippen molar-refractivity contribution in [2.24, 2.45) is 0 Å². The molecule has 0 radical (unpaired) electrons. The predicted octanol–water partition coefficient (Wildman–Crippen LogP) is -0.407. The van der Waals surface area contributed by atoms with Gasteiger partial charge in [0.1, 0.15) is 5.52 Å². The van der Waals surface area contributed by atoms with E-state index in [4.69, 9.17) is 5.73 Å². The van der Waals surface area contributed by atoms with Crippen LogP contribution in [0.3, 0.4) is 0 Å². The Bertz CT molecular complexity index is 591. The fourth-order valence-electron chi connectivity index (χ4n) is 0.946. The zero-order valence-electron chi connectivity index (χ0n) is 6.60. The topological polar surface area (TPSA) is 115 Å². The van der Waals surface area contributed by atoms with Gasteiger partial charge in [0.2, 0.25) is 0 Å². The second-order valence-electron chi connectivity index (χ2n) is 2.43. The highest BCUT2D eigenvalue weighted by Crippen LogP contribution is 2.16. The monoisotopic (exact) mass is 217 g/mol. The van der Waals surface area contributed by atoms with Crippen molar-refractivity contribution < 1.29 is 12.3 Å². The second kappa shape index (κ2) is 2.61. The van der Waals surface area contributed by atoms with Crippen LogP contribution in [0.1, 0.15) is 0 Å². The summed E-state index contributed by atoms with van der Waals surface area (Å²) >= 11 is 0. The molecule has 2 rings (SSSR count). The highest BCUT2D eigenvalue weighted by Gasteiger charge is 2.19. The van der Waals surface area contributed by atoms with Gasteiger partial charge >= 0.3 is 10.2 Å². The van der Waals surface area contributed by atoms with E-state index >= 15 is 0 Å². The number of hydrogen-bond donors (Lipinski definition) is 2. The molecule has 9 heteroatoms. The first kappa shape index (κ1) is 8.81. The van der Waals surface area contributed by atoms with E-state index in [9.17, 15) is 12.3 Å². The molecule has 0 aliphatic rings. The number of fused-ring (bicyclic) bond motifs is 1. The van der Waals surface area contributed by atoms with Gasteiger partial charge in [-0.15, -0.1) is 0 Å². The fourth-order valence-corrected chi connectivity index (χ4v) is 1.35. The van der Waals surface area contributed by atoms with Gasteiger partial charge in [0, 0.05) is 0 Å². The van der Waals surface area contributed by atoms with Crippen LogP contribution in [0.2, 0.25) is 0 Å². The quantitative estimate of drug-likeness (QED) is 0.495. The summed E-state index contributed by atoms with van der Waals surface area (Å²) < 4.78 is 33.4. The van der Waals surface area contributed by atoms with E-state index < -0.39 is 15.4 Å². The van der Waals surface area contributed by atoms with Crippen LogP contribution in [0.4, 0.5) is 9.70 Å². The number of nitrogen functional groups attached to an aromatic ring is 1. The van der Waals surface area contributed by atoms with E-state index in [1.807, 2.05) is 0 Å². The number of imidazole rings is 1. The molecule has 0 aromatic carbocycles. The minimum Gasteiger partial charge on any atom is -0.382 e. The van der Waals surface area contributed by atoms with Gasteiger partial charge in [-0.3, -0.25) is 0 Å². The number of aromatic nitrogens is 4. The Morgan fingerprint density at radius 2 is 2.14 bits per heavy atom. The molecule has 0 unspecified atom stereocenters. The highest BCUT2D eigenvalue weighted by molar-refractivity contribution is 7.86. The average Bonchev–Trinajstić information content (AvgIpc) is 2.50. The Kier molecular flexibility index (Phi) is 1.64. The summed E-state index contributed by atoms with van der Waals surface area (Å²) in [5.74, 6) is -0.188. The van der Waals surface area contributed by atoms with E-state index in [0.29, 0.717) is 0 Å². The number of rotatable bonds is 1. The number of nitrogens with one attached hydrogen (secondary N) is 1. The lowest BCUT2D eigenvalue weighted by molar-refractivity contribution is 0.543. The molecule has 74 valence electrons. The summed E-state index contributed by atoms with van der Waals surface area (Å²) in [4.78, 5) is 12.9. The fraction of sp³-hybridized carbons (Fsp3) is 0. The molecule has 0 bridgehead atoms. The first-order valence-electron chi connectivity index (χ1n) is 3.40. The molecule has 0 aliphatic carbocycles. The number of aromatic amines is 1. The molecule has 7 nitrogen and oxygen atoms in total. The summed E-state index contributed by atoms with van der Waals surface area (Å²) in [6.45, 7) is 0. The molecule has 0 spiro atoms.